The van der Waals surface area contributed by atoms with Gasteiger partial charge in [-0.15, -0.1) is 0 Å². The molecular formula is C31H39NO5. The molecule has 1 fully saturated rings. The Labute approximate surface area is 219 Å². The first-order valence-electron chi connectivity index (χ1n) is 13.5. The summed E-state index contributed by atoms with van der Waals surface area (Å²) in [5, 5.41) is 33.9. The summed E-state index contributed by atoms with van der Waals surface area (Å²) >= 11 is 0. The zero-order valence-electron chi connectivity index (χ0n) is 22.1. The number of imide groups is 1. The Morgan fingerprint density at radius 1 is 1.05 bits per heavy atom. The van der Waals surface area contributed by atoms with Crippen LogP contribution in [-0.4, -0.2) is 51.8 Å². The third-order valence-electron chi connectivity index (χ3n) is 8.12. The van der Waals surface area contributed by atoms with E-state index in [9.17, 15) is 24.9 Å². The van der Waals surface area contributed by atoms with Gasteiger partial charge in [0.05, 0.1) is 24.5 Å². The van der Waals surface area contributed by atoms with E-state index in [1.165, 1.54) is 17.5 Å². The van der Waals surface area contributed by atoms with Gasteiger partial charge in [0.2, 0.25) is 11.8 Å². The molecule has 1 saturated heterocycles. The van der Waals surface area contributed by atoms with E-state index >= 15 is 0 Å². The number of benzene rings is 2. The Hall–Kier alpha value is -2.96. The van der Waals surface area contributed by atoms with Gasteiger partial charge in [-0.25, -0.2) is 0 Å². The maximum absolute atomic E-state index is 12.9. The molecule has 0 radical (unpaired) electrons. The van der Waals surface area contributed by atoms with Gasteiger partial charge < -0.3 is 15.3 Å². The van der Waals surface area contributed by atoms with Crippen LogP contribution in [0.2, 0.25) is 0 Å². The normalized spacial score (nSPS) is 23.2. The van der Waals surface area contributed by atoms with Crippen molar-refractivity contribution in [2.45, 2.75) is 64.9 Å². The maximum Gasteiger partial charge on any atom is 0.233 e. The molecule has 2 aliphatic rings. The molecule has 0 aromatic heterocycles. The number of rotatable bonds is 10. The average Bonchev–Trinajstić information content (AvgIpc) is 3.11. The minimum Gasteiger partial charge on any atom is -0.507 e. The molecule has 2 aromatic carbocycles. The summed E-state index contributed by atoms with van der Waals surface area (Å²) in [6, 6.07) is 11.4. The molecule has 6 nitrogen and oxygen atoms in total. The second-order valence-electron chi connectivity index (χ2n) is 10.5. The van der Waals surface area contributed by atoms with Gasteiger partial charge in [0.25, 0.3) is 0 Å². The van der Waals surface area contributed by atoms with Crippen molar-refractivity contribution in [2.75, 3.05) is 13.7 Å². The molecule has 0 spiro atoms. The maximum atomic E-state index is 12.9. The van der Waals surface area contributed by atoms with E-state index in [0.29, 0.717) is 19.3 Å². The zero-order chi connectivity index (χ0) is 26.7. The first-order valence-corrected chi connectivity index (χ1v) is 13.5. The second kappa shape index (κ2) is 11.6. The highest BCUT2D eigenvalue weighted by Crippen LogP contribution is 2.47. The molecule has 2 amide bonds. The summed E-state index contributed by atoms with van der Waals surface area (Å²) in [4.78, 5) is 26.8. The number of phenolic OH excluding ortho intramolecular Hbond substituents is 1. The zero-order valence-corrected chi connectivity index (χ0v) is 22.1. The van der Waals surface area contributed by atoms with Crippen molar-refractivity contribution in [2.24, 2.45) is 17.8 Å². The van der Waals surface area contributed by atoms with Crippen LogP contribution in [0.5, 0.6) is 5.75 Å². The van der Waals surface area contributed by atoms with Crippen LogP contribution in [0.25, 0.3) is 16.8 Å². The van der Waals surface area contributed by atoms with Gasteiger partial charge >= 0.3 is 0 Å². The third-order valence-corrected chi connectivity index (χ3v) is 8.12. The molecule has 2 aromatic rings. The summed E-state index contributed by atoms with van der Waals surface area (Å²) in [6.07, 6.45) is 6.47. The second-order valence-corrected chi connectivity index (χ2v) is 10.5. The van der Waals surface area contributed by atoms with Crippen LogP contribution in [0, 0.1) is 17.8 Å². The molecular weight excluding hydrogens is 466 g/mol. The fourth-order valence-electron chi connectivity index (χ4n) is 6.38. The highest BCUT2D eigenvalue weighted by molar-refractivity contribution is 6.05. The smallest absolute Gasteiger partial charge is 0.233 e. The van der Waals surface area contributed by atoms with Gasteiger partial charge in [0.15, 0.2) is 0 Å². The number of likely N-dealkylation sites (tertiary alicyclic amines) is 1. The number of aromatic hydroxyl groups is 1. The number of phenols is 1. The number of allylic oxidation sites excluding steroid dienone is 2. The minimum absolute atomic E-state index is 0.176. The summed E-state index contributed by atoms with van der Waals surface area (Å²) < 4.78 is 0. The van der Waals surface area contributed by atoms with Gasteiger partial charge in [-0.1, -0.05) is 74.2 Å². The Bertz CT molecular complexity index is 1230. The summed E-state index contributed by atoms with van der Waals surface area (Å²) in [5.74, 6) is -1.74. The number of aliphatic hydroxyl groups is 2. The molecule has 3 N–H and O–H groups in total. The number of carbonyl (C=O) groups excluding carboxylic acids is 2. The molecule has 0 unspecified atom stereocenters. The number of nitrogens with zero attached hydrogens (tertiary/aromatic N) is 1. The van der Waals surface area contributed by atoms with Crippen LogP contribution in [0.1, 0.15) is 64.4 Å². The Morgan fingerprint density at radius 2 is 1.78 bits per heavy atom. The van der Waals surface area contributed by atoms with E-state index in [2.05, 4.69) is 19.9 Å². The summed E-state index contributed by atoms with van der Waals surface area (Å²) in [6.45, 7) is 3.93. The van der Waals surface area contributed by atoms with Gasteiger partial charge in [-0.3, -0.25) is 14.5 Å². The number of hydrogen-bond donors (Lipinski definition) is 3. The molecule has 1 aliphatic heterocycles. The Morgan fingerprint density at radius 3 is 2.46 bits per heavy atom. The fourth-order valence-corrected chi connectivity index (χ4v) is 6.38. The predicted octanol–water partition coefficient (Wildman–Crippen LogP) is 5.21. The Kier molecular flexibility index (Phi) is 8.50. The van der Waals surface area contributed by atoms with Crippen molar-refractivity contribution >= 4 is 28.7 Å². The van der Waals surface area contributed by atoms with E-state index in [1.54, 1.807) is 6.07 Å². The molecule has 1 aliphatic carbocycles. The molecule has 0 bridgehead atoms. The van der Waals surface area contributed by atoms with Crippen LogP contribution in [0.3, 0.4) is 0 Å². The number of amides is 2. The summed E-state index contributed by atoms with van der Waals surface area (Å²) in [5.41, 5.74) is 4.03. The lowest BCUT2D eigenvalue weighted by Gasteiger charge is -2.36. The highest BCUT2D eigenvalue weighted by atomic mass is 16.3. The van der Waals surface area contributed by atoms with Crippen molar-refractivity contribution in [1.82, 2.24) is 4.90 Å². The van der Waals surface area contributed by atoms with Crippen LogP contribution in [0.15, 0.2) is 53.1 Å². The number of aliphatic hydroxyl groups excluding tert-OH is 2. The minimum atomic E-state index is -0.787. The Balaban J connectivity index is 1.62. The van der Waals surface area contributed by atoms with Crippen molar-refractivity contribution < 1.29 is 24.9 Å². The van der Waals surface area contributed by atoms with Gasteiger partial charge in [0.1, 0.15) is 5.75 Å². The largest absolute Gasteiger partial charge is 0.507 e. The van der Waals surface area contributed by atoms with Gasteiger partial charge in [-0.2, -0.15) is 0 Å². The van der Waals surface area contributed by atoms with Crippen LogP contribution >= 0.6 is 0 Å². The fraction of sp³-hybridized carbons (Fsp3) is 0.484. The van der Waals surface area contributed by atoms with E-state index in [1.807, 2.05) is 30.3 Å². The number of hydrogen-bond acceptors (Lipinski definition) is 5. The van der Waals surface area contributed by atoms with Gasteiger partial charge in [-0.05, 0) is 54.7 Å². The lowest BCUT2D eigenvalue weighted by atomic mass is 9.67. The predicted molar refractivity (Wildman–Crippen MR) is 146 cm³/mol. The van der Waals surface area contributed by atoms with E-state index < -0.39 is 23.9 Å². The van der Waals surface area contributed by atoms with Crippen molar-refractivity contribution in [1.29, 1.82) is 0 Å². The third kappa shape index (κ3) is 5.23. The number of fused-ring (bicyclic) bond motifs is 2. The molecule has 4 rings (SSSR count). The first-order chi connectivity index (χ1) is 17.8. The van der Waals surface area contributed by atoms with Gasteiger partial charge in [0, 0.05) is 18.4 Å². The summed E-state index contributed by atoms with van der Waals surface area (Å²) in [7, 11) is 1.52. The molecule has 0 saturated carbocycles. The quantitative estimate of drug-likeness (QED) is 0.304. The molecule has 1 heterocycles. The van der Waals surface area contributed by atoms with Crippen LogP contribution in [-0.2, 0) is 9.59 Å². The standard InChI is InChI=1S/C31H39NO5/c1-4-8-19(16-20-13-15-26(34)23-11-7-6-10-22(20)23)12-14-27(35)28-21(9-5-2)17-24-29(25(28)18-33)31(37)32(3)30(24)36/h6-7,10-11,13,15-16,24-25,27,29,33-35H,4-5,8-9,12,14,17-18H2,1-3H3/b19-16+/t24-,25+,27-,29-/m1/s1. The molecule has 37 heavy (non-hydrogen) atoms. The lowest BCUT2D eigenvalue weighted by Crippen LogP contribution is -2.39. The topological polar surface area (TPSA) is 98.1 Å². The average molecular weight is 506 g/mol. The van der Waals surface area contributed by atoms with Crippen molar-refractivity contribution in [3.8, 4) is 5.75 Å². The first kappa shape index (κ1) is 27.1. The van der Waals surface area contributed by atoms with Crippen molar-refractivity contribution in [3.63, 3.8) is 0 Å². The molecule has 6 heteroatoms. The molecule has 198 valence electrons. The van der Waals surface area contributed by atoms with Crippen molar-refractivity contribution in [3.05, 3.63) is 58.7 Å². The van der Waals surface area contributed by atoms with Crippen LogP contribution < -0.4 is 0 Å². The lowest BCUT2D eigenvalue weighted by molar-refractivity contribution is -0.138. The number of carbonyl (C=O) groups is 2. The monoisotopic (exact) mass is 505 g/mol. The van der Waals surface area contributed by atoms with Crippen LogP contribution in [0.4, 0.5) is 0 Å². The van der Waals surface area contributed by atoms with E-state index in [4.69, 9.17) is 0 Å². The molecule has 4 atom stereocenters. The van der Waals surface area contributed by atoms with E-state index in [-0.39, 0.29) is 24.2 Å². The SMILES string of the molecule is CCCC1=C([C@H](O)CC/C(=C/c2ccc(O)c3ccccc23)CCC)[C@H](CO)[C@@H]2C(=O)N(C)C(=O)[C@@H]2C1. The van der Waals surface area contributed by atoms with E-state index in [0.717, 1.165) is 53.2 Å². The highest BCUT2D eigenvalue weighted by Gasteiger charge is 2.53.